The molecule has 0 aliphatic carbocycles. The monoisotopic (exact) mass is 474 g/mol. The molecule has 0 heterocycles. The second-order valence-corrected chi connectivity index (χ2v) is 7.91. The Bertz CT molecular complexity index is 911. The minimum absolute atomic E-state index is 0.00928. The summed E-state index contributed by atoms with van der Waals surface area (Å²) in [6.07, 6.45) is 5.55. The number of benzene rings is 2. The summed E-state index contributed by atoms with van der Waals surface area (Å²) in [6.45, 7) is 0.157. The number of carbonyl (C=O) groups excluding carboxylic acids is 2. The molecule has 0 aromatic heterocycles. The van der Waals surface area contributed by atoms with Crippen LogP contribution in [0.15, 0.2) is 42.5 Å². The number of nitrogens with two attached hydrogens (primary N) is 1. The van der Waals surface area contributed by atoms with Crippen LogP contribution in [0, 0.1) is 0 Å². The van der Waals surface area contributed by atoms with Gasteiger partial charge < -0.3 is 30.0 Å². The average Bonchev–Trinajstić information content (AvgIpc) is 2.84. The summed E-state index contributed by atoms with van der Waals surface area (Å²) in [7, 11) is 3.21. The highest BCUT2D eigenvalue weighted by Crippen LogP contribution is 2.24. The number of hydrogen-bond donors (Lipinski definition) is 2. The van der Waals surface area contributed by atoms with Crippen molar-refractivity contribution >= 4 is 36.0 Å². The fourth-order valence-corrected chi connectivity index (χ4v) is 3.20. The average molecular weight is 475 g/mol. The van der Waals surface area contributed by atoms with Crippen LogP contribution in [0.1, 0.15) is 17.5 Å². The molecule has 0 spiro atoms. The van der Waals surface area contributed by atoms with Gasteiger partial charge in [-0.2, -0.15) is 11.8 Å². The van der Waals surface area contributed by atoms with Crippen molar-refractivity contribution in [3.8, 4) is 17.2 Å². The van der Waals surface area contributed by atoms with Gasteiger partial charge in [0, 0.05) is 6.07 Å². The summed E-state index contributed by atoms with van der Waals surface area (Å²) in [4.78, 5) is 23.6. The SMILES string of the molecule is COc1cc(C=Cc2ccc(OC(=O)OCCNC(=O)C(N)CCSC)cc2)cc(OC)c1. The van der Waals surface area contributed by atoms with E-state index in [1.807, 2.05) is 42.7 Å². The van der Waals surface area contributed by atoms with Crippen LogP contribution in [0.3, 0.4) is 0 Å². The van der Waals surface area contributed by atoms with E-state index in [0.717, 1.165) is 16.9 Å². The molecule has 1 unspecified atom stereocenters. The third kappa shape index (κ3) is 9.46. The van der Waals surface area contributed by atoms with E-state index in [4.69, 9.17) is 24.7 Å². The van der Waals surface area contributed by atoms with Gasteiger partial charge in [-0.1, -0.05) is 24.3 Å². The van der Waals surface area contributed by atoms with Crippen molar-refractivity contribution in [1.29, 1.82) is 0 Å². The molecular weight excluding hydrogens is 444 g/mol. The zero-order chi connectivity index (χ0) is 24.1. The van der Waals surface area contributed by atoms with Gasteiger partial charge in [0.1, 0.15) is 23.9 Å². The first-order valence-corrected chi connectivity index (χ1v) is 11.7. The zero-order valence-corrected chi connectivity index (χ0v) is 19.9. The Labute approximate surface area is 198 Å². The molecule has 0 aliphatic rings. The fraction of sp³-hybridized carbons (Fsp3) is 0.333. The molecule has 2 aromatic carbocycles. The van der Waals surface area contributed by atoms with Gasteiger partial charge >= 0.3 is 6.16 Å². The normalized spacial score (nSPS) is 11.6. The van der Waals surface area contributed by atoms with Crippen LogP contribution in [0.5, 0.6) is 17.2 Å². The number of thioether (sulfide) groups is 1. The second-order valence-electron chi connectivity index (χ2n) is 6.93. The summed E-state index contributed by atoms with van der Waals surface area (Å²) >= 11 is 1.63. The Morgan fingerprint density at radius 3 is 2.24 bits per heavy atom. The Hall–Kier alpha value is -3.17. The molecular formula is C24H30N2O6S. The van der Waals surface area contributed by atoms with Crippen molar-refractivity contribution in [3.63, 3.8) is 0 Å². The van der Waals surface area contributed by atoms with E-state index >= 15 is 0 Å². The van der Waals surface area contributed by atoms with Gasteiger partial charge in [0.2, 0.25) is 5.91 Å². The van der Waals surface area contributed by atoms with Crippen molar-refractivity contribution in [2.45, 2.75) is 12.5 Å². The molecule has 0 saturated carbocycles. The standard InChI is InChI=1S/C24H30N2O6S/c1-29-20-14-18(15-21(16-20)30-2)5-4-17-6-8-19(9-7-17)32-24(28)31-12-11-26-23(27)22(25)10-13-33-3/h4-9,14-16,22H,10-13,25H2,1-3H3,(H,26,27). The first-order valence-electron chi connectivity index (χ1n) is 10.3. The maximum Gasteiger partial charge on any atom is 0.513 e. The number of hydrogen-bond acceptors (Lipinski definition) is 8. The number of methoxy groups -OCH3 is 2. The lowest BCUT2D eigenvalue weighted by atomic mass is 10.1. The third-order valence-electron chi connectivity index (χ3n) is 4.51. The summed E-state index contributed by atoms with van der Waals surface area (Å²) < 4.78 is 20.7. The molecule has 0 radical (unpaired) electrons. The van der Waals surface area contributed by atoms with Gasteiger partial charge in [0.05, 0.1) is 26.8 Å². The van der Waals surface area contributed by atoms with E-state index in [1.54, 1.807) is 44.2 Å². The van der Waals surface area contributed by atoms with E-state index in [1.165, 1.54) is 0 Å². The first-order chi connectivity index (χ1) is 15.9. The van der Waals surface area contributed by atoms with Gasteiger partial charge in [-0.15, -0.1) is 0 Å². The first kappa shape index (κ1) is 26.1. The lowest BCUT2D eigenvalue weighted by molar-refractivity contribution is -0.122. The van der Waals surface area contributed by atoms with Crippen LogP contribution in [0.4, 0.5) is 4.79 Å². The number of nitrogens with one attached hydrogen (secondary N) is 1. The molecule has 8 nitrogen and oxygen atoms in total. The summed E-state index contributed by atoms with van der Waals surface area (Å²) in [5, 5.41) is 2.63. The Kier molecular flexibility index (Phi) is 11.1. The van der Waals surface area contributed by atoms with Crippen molar-refractivity contribution in [3.05, 3.63) is 53.6 Å². The minimum atomic E-state index is -0.845. The maximum absolute atomic E-state index is 11.8. The summed E-state index contributed by atoms with van der Waals surface area (Å²) in [6, 6.07) is 12.0. The van der Waals surface area contributed by atoms with Gasteiger partial charge in [-0.3, -0.25) is 4.79 Å². The van der Waals surface area contributed by atoms with E-state index < -0.39 is 12.2 Å². The van der Waals surface area contributed by atoms with Crippen LogP contribution in [0.2, 0.25) is 0 Å². The molecule has 0 aliphatic heterocycles. The molecule has 0 bridgehead atoms. The molecule has 1 atom stereocenters. The third-order valence-corrected chi connectivity index (χ3v) is 5.16. The van der Waals surface area contributed by atoms with E-state index in [2.05, 4.69) is 5.32 Å². The highest BCUT2D eigenvalue weighted by atomic mass is 32.2. The smallest absolute Gasteiger partial charge is 0.497 e. The highest BCUT2D eigenvalue weighted by molar-refractivity contribution is 7.98. The largest absolute Gasteiger partial charge is 0.513 e. The predicted molar refractivity (Wildman–Crippen MR) is 131 cm³/mol. The Morgan fingerprint density at radius 2 is 1.64 bits per heavy atom. The molecule has 178 valence electrons. The van der Waals surface area contributed by atoms with Crippen LogP contribution in [0.25, 0.3) is 12.2 Å². The van der Waals surface area contributed by atoms with E-state index in [9.17, 15) is 9.59 Å². The fourth-order valence-electron chi connectivity index (χ4n) is 2.71. The summed E-state index contributed by atoms with van der Waals surface area (Å²) in [5.41, 5.74) is 7.60. The maximum atomic E-state index is 11.8. The molecule has 9 heteroatoms. The van der Waals surface area contributed by atoms with Crippen molar-refractivity contribution in [1.82, 2.24) is 5.32 Å². The number of carbonyl (C=O) groups is 2. The van der Waals surface area contributed by atoms with Gasteiger partial charge in [-0.05, 0) is 53.8 Å². The van der Waals surface area contributed by atoms with E-state index in [0.29, 0.717) is 23.7 Å². The molecule has 3 N–H and O–H groups in total. The quantitative estimate of drug-likeness (QED) is 0.208. The van der Waals surface area contributed by atoms with Crippen LogP contribution in [-0.2, 0) is 9.53 Å². The predicted octanol–water partition coefficient (Wildman–Crippen LogP) is 3.59. The summed E-state index contributed by atoms with van der Waals surface area (Å²) in [5.74, 6) is 2.30. The number of ether oxygens (including phenoxy) is 4. The number of amides is 1. The van der Waals surface area contributed by atoms with E-state index in [-0.39, 0.29) is 19.1 Å². The van der Waals surface area contributed by atoms with Gasteiger partial charge in [-0.25, -0.2) is 4.79 Å². The Balaban J connectivity index is 1.78. The molecule has 2 aromatic rings. The lowest BCUT2D eigenvalue weighted by Gasteiger charge is -2.11. The molecule has 2 rings (SSSR count). The zero-order valence-electron chi connectivity index (χ0n) is 19.0. The van der Waals surface area contributed by atoms with Crippen LogP contribution >= 0.6 is 11.8 Å². The lowest BCUT2D eigenvalue weighted by Crippen LogP contribution is -2.42. The highest BCUT2D eigenvalue weighted by Gasteiger charge is 2.12. The van der Waals surface area contributed by atoms with Gasteiger partial charge in [0.15, 0.2) is 0 Å². The molecule has 0 fully saturated rings. The van der Waals surface area contributed by atoms with Crippen LogP contribution < -0.4 is 25.3 Å². The molecule has 0 saturated heterocycles. The van der Waals surface area contributed by atoms with Crippen molar-refractivity contribution < 1.29 is 28.5 Å². The topological polar surface area (TPSA) is 109 Å². The van der Waals surface area contributed by atoms with Crippen molar-refractivity contribution in [2.24, 2.45) is 5.73 Å². The van der Waals surface area contributed by atoms with Crippen molar-refractivity contribution in [2.75, 3.05) is 39.4 Å². The Morgan fingerprint density at radius 1 is 1.00 bits per heavy atom. The molecule has 1 amide bonds. The minimum Gasteiger partial charge on any atom is -0.497 e. The number of rotatable bonds is 12. The van der Waals surface area contributed by atoms with Gasteiger partial charge in [0.25, 0.3) is 0 Å². The van der Waals surface area contributed by atoms with Crippen LogP contribution in [-0.4, -0.2) is 57.5 Å². The molecule has 33 heavy (non-hydrogen) atoms. The second kappa shape index (κ2) is 14.1.